The van der Waals surface area contributed by atoms with Gasteiger partial charge in [-0.25, -0.2) is 0 Å². The first kappa shape index (κ1) is 28.2. The highest BCUT2D eigenvalue weighted by Crippen LogP contribution is 2.33. The summed E-state index contributed by atoms with van der Waals surface area (Å²) in [6, 6.07) is 13.5. The average molecular weight is 527 g/mol. The van der Waals surface area contributed by atoms with Crippen molar-refractivity contribution in [3.63, 3.8) is 0 Å². The van der Waals surface area contributed by atoms with Crippen molar-refractivity contribution >= 4 is 0 Å². The van der Waals surface area contributed by atoms with Crippen LogP contribution in [0.25, 0.3) is 0 Å². The van der Waals surface area contributed by atoms with Gasteiger partial charge in [0.2, 0.25) is 0 Å². The fraction of sp³-hybridized carbons (Fsp3) is 0.429. The highest BCUT2D eigenvalue weighted by atomic mass is 16.6. The van der Waals surface area contributed by atoms with Gasteiger partial charge in [-0.2, -0.15) is 0 Å². The summed E-state index contributed by atoms with van der Waals surface area (Å²) < 4.78 is 11.2. The molecule has 0 radical (unpaired) electrons. The second-order valence-electron chi connectivity index (χ2n) is 9.25. The van der Waals surface area contributed by atoms with Crippen LogP contribution in [0.5, 0.6) is 0 Å². The Hall–Kier alpha value is -2.84. The van der Waals surface area contributed by atoms with Crippen LogP contribution in [0.2, 0.25) is 0 Å². The second-order valence-corrected chi connectivity index (χ2v) is 9.25. The van der Waals surface area contributed by atoms with Crippen LogP contribution in [-0.4, -0.2) is 103 Å². The number of hydrogen-bond donors (Lipinski definition) is 8. The number of rotatable bonds is 4. The van der Waals surface area contributed by atoms with Crippen LogP contribution in [0.15, 0.2) is 48.5 Å². The molecule has 0 aromatic heterocycles. The molecule has 0 bridgehead atoms. The summed E-state index contributed by atoms with van der Waals surface area (Å²) in [6.07, 6.45) is -12.6. The molecule has 2 aliphatic rings. The molecule has 0 saturated carbocycles. The molecule has 0 unspecified atom stereocenters. The Balaban J connectivity index is 1.49. The Morgan fingerprint density at radius 3 is 1.32 bits per heavy atom. The predicted molar refractivity (Wildman–Crippen MR) is 132 cm³/mol. The summed E-state index contributed by atoms with van der Waals surface area (Å²) in [6.45, 7) is -1.04. The largest absolute Gasteiger partial charge is 0.394 e. The van der Waals surface area contributed by atoms with E-state index in [1.807, 2.05) is 0 Å². The van der Waals surface area contributed by atoms with Crippen molar-refractivity contribution in [3.05, 3.63) is 70.8 Å². The molecule has 8 N–H and O–H groups in total. The van der Waals surface area contributed by atoms with E-state index in [-0.39, 0.29) is 0 Å². The summed E-state index contributed by atoms with van der Waals surface area (Å²) in [4.78, 5) is 0. The van der Waals surface area contributed by atoms with E-state index in [9.17, 15) is 40.9 Å². The minimum absolute atomic E-state index is 0.508. The SMILES string of the molecule is OC[C@H]1O[C@H](c2cccc(C#CC#Cc3cccc([C@H]4O[C@H](CO)[C@@H](O)[C@H](O)[C@@H]4O)c3)c2)[C@H](O)[C@@H](O)[C@@H]1O. The van der Waals surface area contributed by atoms with Crippen LogP contribution in [0.3, 0.4) is 0 Å². The van der Waals surface area contributed by atoms with Gasteiger partial charge in [0.1, 0.15) is 61.0 Å². The zero-order valence-corrected chi connectivity index (χ0v) is 20.2. The van der Waals surface area contributed by atoms with Crippen molar-refractivity contribution < 1.29 is 50.3 Å². The normalized spacial score (nSPS) is 34.9. The minimum Gasteiger partial charge on any atom is -0.394 e. The number of aliphatic hydroxyl groups is 8. The highest BCUT2D eigenvalue weighted by Gasteiger charge is 2.45. The van der Waals surface area contributed by atoms with Gasteiger partial charge in [0, 0.05) is 11.1 Å². The third-order valence-electron chi connectivity index (χ3n) is 6.69. The fourth-order valence-corrected chi connectivity index (χ4v) is 4.55. The van der Waals surface area contributed by atoms with Gasteiger partial charge < -0.3 is 50.3 Å². The van der Waals surface area contributed by atoms with E-state index < -0.39 is 74.3 Å². The lowest BCUT2D eigenvalue weighted by molar-refractivity contribution is -0.231. The van der Waals surface area contributed by atoms with Gasteiger partial charge >= 0.3 is 0 Å². The van der Waals surface area contributed by atoms with Gasteiger partial charge in [-0.05, 0) is 47.2 Å². The summed E-state index contributed by atoms with van der Waals surface area (Å²) in [5.74, 6) is 11.2. The Labute approximate surface area is 219 Å². The van der Waals surface area contributed by atoms with Crippen molar-refractivity contribution in [2.75, 3.05) is 13.2 Å². The van der Waals surface area contributed by atoms with Crippen LogP contribution in [-0.2, 0) is 9.47 Å². The van der Waals surface area contributed by atoms with Crippen molar-refractivity contribution in [1.82, 2.24) is 0 Å². The van der Waals surface area contributed by atoms with E-state index >= 15 is 0 Å². The third-order valence-corrected chi connectivity index (χ3v) is 6.69. The molecule has 4 rings (SSSR count). The molecule has 10 heteroatoms. The monoisotopic (exact) mass is 526 g/mol. The summed E-state index contributed by atoms with van der Waals surface area (Å²) in [7, 11) is 0. The molecule has 0 amide bonds. The third kappa shape index (κ3) is 5.91. The topological polar surface area (TPSA) is 180 Å². The second kappa shape index (κ2) is 12.3. The van der Waals surface area contributed by atoms with Gasteiger partial charge in [-0.1, -0.05) is 36.1 Å². The van der Waals surface area contributed by atoms with Crippen molar-refractivity contribution in [1.29, 1.82) is 0 Å². The zero-order valence-electron chi connectivity index (χ0n) is 20.2. The quantitative estimate of drug-likeness (QED) is 0.210. The van der Waals surface area contributed by atoms with Crippen LogP contribution in [0, 0.1) is 23.7 Å². The van der Waals surface area contributed by atoms with Crippen molar-refractivity contribution in [2.45, 2.75) is 61.0 Å². The Morgan fingerprint density at radius 2 is 0.947 bits per heavy atom. The number of hydrogen-bond acceptors (Lipinski definition) is 10. The van der Waals surface area contributed by atoms with Gasteiger partial charge in [0.05, 0.1) is 13.2 Å². The lowest BCUT2D eigenvalue weighted by Gasteiger charge is -2.40. The summed E-state index contributed by atoms with van der Waals surface area (Å²) in [5, 5.41) is 79.6. The molecule has 38 heavy (non-hydrogen) atoms. The van der Waals surface area contributed by atoms with Gasteiger partial charge in [0.15, 0.2) is 0 Å². The Morgan fingerprint density at radius 1 is 0.553 bits per heavy atom. The lowest BCUT2D eigenvalue weighted by atomic mass is 9.90. The molecule has 2 aliphatic heterocycles. The van der Waals surface area contributed by atoms with Gasteiger partial charge in [-0.15, -0.1) is 0 Å². The summed E-state index contributed by atoms with van der Waals surface area (Å²) >= 11 is 0. The van der Waals surface area contributed by atoms with Crippen LogP contribution in [0.4, 0.5) is 0 Å². The maximum atomic E-state index is 10.4. The van der Waals surface area contributed by atoms with E-state index in [0.717, 1.165) is 0 Å². The number of aliphatic hydroxyl groups excluding tert-OH is 8. The number of ether oxygens (including phenoxy) is 2. The molecule has 0 aliphatic carbocycles. The van der Waals surface area contributed by atoms with E-state index in [0.29, 0.717) is 22.3 Å². The molecular weight excluding hydrogens is 496 g/mol. The minimum atomic E-state index is -1.48. The maximum Gasteiger partial charge on any atom is 0.113 e. The molecular formula is C28H30O10. The standard InChI is InChI=1S/C28H30O10/c29-13-19-21(31)23(33)25(35)27(37-19)17-9-3-7-15(11-17)5-1-2-6-16-8-4-10-18(12-16)28-26(36)24(34)22(32)20(14-30)38-28/h3-4,7-12,19-36H,13-14H2/t19-,20-,21-,22-,23+,24+,25-,26+,27-,28-/m1/s1. The van der Waals surface area contributed by atoms with E-state index in [1.54, 1.807) is 48.5 Å². The molecule has 202 valence electrons. The zero-order chi connectivity index (χ0) is 27.4. The van der Waals surface area contributed by atoms with E-state index in [1.165, 1.54) is 0 Å². The average Bonchev–Trinajstić information content (AvgIpc) is 2.93. The maximum absolute atomic E-state index is 10.4. The smallest absolute Gasteiger partial charge is 0.113 e. The fourth-order valence-electron chi connectivity index (χ4n) is 4.55. The number of benzene rings is 2. The first-order chi connectivity index (χ1) is 18.2. The molecule has 2 aromatic carbocycles. The van der Waals surface area contributed by atoms with Crippen molar-refractivity contribution in [3.8, 4) is 23.7 Å². The molecule has 2 aromatic rings. The van der Waals surface area contributed by atoms with Crippen LogP contribution < -0.4 is 0 Å². The van der Waals surface area contributed by atoms with Crippen LogP contribution in [0.1, 0.15) is 34.5 Å². The first-order valence-electron chi connectivity index (χ1n) is 12.1. The predicted octanol–water partition coefficient (Wildman–Crippen LogP) is -1.88. The molecule has 2 saturated heterocycles. The molecule has 10 atom stereocenters. The molecule has 10 nitrogen and oxygen atoms in total. The Bertz CT molecular complexity index is 1130. The van der Waals surface area contributed by atoms with Gasteiger partial charge in [0.25, 0.3) is 0 Å². The summed E-state index contributed by atoms with van der Waals surface area (Å²) in [5.41, 5.74) is 2.13. The van der Waals surface area contributed by atoms with Gasteiger partial charge in [-0.3, -0.25) is 0 Å². The lowest BCUT2D eigenvalue weighted by Crippen LogP contribution is -2.55. The van der Waals surface area contributed by atoms with Crippen molar-refractivity contribution in [2.24, 2.45) is 0 Å². The van der Waals surface area contributed by atoms with E-state index in [2.05, 4.69) is 23.7 Å². The molecule has 2 fully saturated rings. The molecule has 0 spiro atoms. The first-order valence-corrected chi connectivity index (χ1v) is 12.1. The Kier molecular flexibility index (Phi) is 9.15. The highest BCUT2D eigenvalue weighted by molar-refractivity contribution is 5.46. The van der Waals surface area contributed by atoms with Crippen LogP contribution >= 0.6 is 0 Å². The molecule has 2 heterocycles. The van der Waals surface area contributed by atoms with E-state index in [4.69, 9.17) is 9.47 Å².